The fourth-order valence-corrected chi connectivity index (χ4v) is 4.22. The topological polar surface area (TPSA) is 42.3 Å². The minimum absolute atomic E-state index is 0.170. The molecule has 0 bridgehead atoms. The van der Waals surface area contributed by atoms with Crippen LogP contribution in [0.2, 0.25) is 0 Å². The molecule has 1 aromatic heterocycles. The molecule has 8 heteroatoms. The number of benzene rings is 1. The Labute approximate surface area is 156 Å². The number of aryl methyl sites for hydroxylation is 1. The van der Waals surface area contributed by atoms with Crippen LogP contribution in [0.5, 0.6) is 5.75 Å². The summed E-state index contributed by atoms with van der Waals surface area (Å²) in [6.45, 7) is 4.62. The zero-order valence-corrected chi connectivity index (χ0v) is 15.1. The lowest BCUT2D eigenvalue weighted by Gasteiger charge is -2.18. The molecule has 1 saturated heterocycles. The van der Waals surface area contributed by atoms with Gasteiger partial charge in [0, 0.05) is 45.0 Å². The third kappa shape index (κ3) is 4.62. The molecule has 0 spiro atoms. The molecule has 1 saturated carbocycles. The molecular formula is C19H23F3N4O. The molecule has 1 aromatic carbocycles. The lowest BCUT2D eigenvalue weighted by Crippen LogP contribution is -2.27. The van der Waals surface area contributed by atoms with E-state index < -0.39 is 6.36 Å². The van der Waals surface area contributed by atoms with Crippen molar-refractivity contribution in [2.75, 3.05) is 19.6 Å². The maximum Gasteiger partial charge on any atom is 0.573 e. The van der Waals surface area contributed by atoms with Gasteiger partial charge in [0.25, 0.3) is 0 Å². The first-order chi connectivity index (χ1) is 12.9. The molecule has 1 aliphatic heterocycles. The van der Waals surface area contributed by atoms with Gasteiger partial charge >= 0.3 is 6.36 Å². The Morgan fingerprint density at radius 2 is 2.00 bits per heavy atom. The number of nitrogens with one attached hydrogen (secondary N) is 1. The minimum atomic E-state index is -4.65. The van der Waals surface area contributed by atoms with Gasteiger partial charge in [-0.25, -0.2) is 0 Å². The second-order valence-electron chi connectivity index (χ2n) is 7.53. The van der Waals surface area contributed by atoms with Crippen molar-refractivity contribution in [2.45, 2.75) is 19.5 Å². The van der Waals surface area contributed by atoms with E-state index in [9.17, 15) is 13.2 Å². The second-order valence-corrected chi connectivity index (χ2v) is 7.53. The van der Waals surface area contributed by atoms with Crippen LogP contribution in [0.1, 0.15) is 11.1 Å². The molecule has 4 rings (SSSR count). The minimum Gasteiger partial charge on any atom is -0.406 e. The molecule has 1 N–H and O–H groups in total. The number of alkyl halides is 3. The normalized spacial score (nSPS) is 24.8. The van der Waals surface area contributed by atoms with Gasteiger partial charge in [-0.2, -0.15) is 5.10 Å². The second kappa shape index (κ2) is 7.16. The Bertz CT molecular complexity index is 779. The van der Waals surface area contributed by atoms with Crippen LogP contribution in [0, 0.1) is 17.8 Å². The summed E-state index contributed by atoms with van der Waals surface area (Å²) in [5.41, 5.74) is 2.04. The molecular weight excluding hydrogens is 357 g/mol. The number of hydrogen-bond acceptors (Lipinski definition) is 4. The first kappa shape index (κ1) is 18.3. The predicted octanol–water partition coefficient (Wildman–Crippen LogP) is 2.79. The Hall–Kier alpha value is -2.06. The van der Waals surface area contributed by atoms with E-state index in [-0.39, 0.29) is 5.75 Å². The number of nitrogens with zero attached hydrogens (tertiary/aromatic N) is 3. The zero-order valence-electron chi connectivity index (χ0n) is 15.1. The maximum atomic E-state index is 12.3. The molecule has 2 fully saturated rings. The van der Waals surface area contributed by atoms with E-state index in [4.69, 9.17) is 0 Å². The molecule has 0 radical (unpaired) electrons. The van der Waals surface area contributed by atoms with Gasteiger partial charge in [0.15, 0.2) is 0 Å². The summed E-state index contributed by atoms with van der Waals surface area (Å²) in [6, 6.07) is 6.14. The molecule has 5 nitrogen and oxygen atoms in total. The molecule has 2 heterocycles. The molecule has 2 unspecified atom stereocenters. The summed E-state index contributed by atoms with van der Waals surface area (Å²) < 4.78 is 42.7. The van der Waals surface area contributed by atoms with Crippen molar-refractivity contribution >= 4 is 0 Å². The van der Waals surface area contributed by atoms with Crippen LogP contribution in [0.4, 0.5) is 13.2 Å². The van der Waals surface area contributed by atoms with Gasteiger partial charge in [0.05, 0.1) is 6.20 Å². The number of likely N-dealkylation sites (tertiary alicyclic amines) is 1. The SMILES string of the molecule is Cn1cc(CN2CC3C(CNCc4cccc(OC(F)(F)F)c4)C3C2)cn1. The van der Waals surface area contributed by atoms with Crippen molar-refractivity contribution in [1.29, 1.82) is 0 Å². The maximum absolute atomic E-state index is 12.3. The molecule has 2 aromatic rings. The summed E-state index contributed by atoms with van der Waals surface area (Å²) >= 11 is 0. The summed E-state index contributed by atoms with van der Waals surface area (Å²) in [5.74, 6) is 1.96. The number of rotatable bonds is 7. The van der Waals surface area contributed by atoms with Crippen LogP contribution in [0.25, 0.3) is 0 Å². The van der Waals surface area contributed by atoms with Crippen LogP contribution < -0.4 is 10.1 Å². The highest BCUT2D eigenvalue weighted by molar-refractivity contribution is 5.28. The number of piperidine rings is 1. The Balaban J connectivity index is 1.18. The quantitative estimate of drug-likeness (QED) is 0.802. The standard InChI is InChI=1S/C19H23F3N4O/c1-25-9-14(7-24-25)10-26-11-17-16(18(17)12-26)8-23-6-13-3-2-4-15(5-13)27-19(20,21)22/h2-5,7,9,16-18,23H,6,8,10-12H2,1H3. The van der Waals surface area contributed by atoms with E-state index in [1.54, 1.807) is 12.1 Å². The smallest absolute Gasteiger partial charge is 0.406 e. The van der Waals surface area contributed by atoms with Gasteiger partial charge in [-0.3, -0.25) is 9.58 Å². The highest BCUT2D eigenvalue weighted by atomic mass is 19.4. The van der Waals surface area contributed by atoms with Crippen LogP contribution >= 0.6 is 0 Å². The molecule has 2 aliphatic rings. The molecule has 2 atom stereocenters. The number of hydrogen-bond donors (Lipinski definition) is 1. The predicted molar refractivity (Wildman–Crippen MR) is 93.8 cm³/mol. The summed E-state index contributed by atoms with van der Waals surface area (Å²) in [4.78, 5) is 2.47. The Morgan fingerprint density at radius 3 is 2.67 bits per heavy atom. The van der Waals surface area contributed by atoms with E-state index in [0.717, 1.165) is 43.6 Å². The Kier molecular flexibility index (Phi) is 4.86. The lowest BCUT2D eigenvalue weighted by atomic mass is 10.2. The van der Waals surface area contributed by atoms with E-state index >= 15 is 0 Å². The first-order valence-electron chi connectivity index (χ1n) is 9.13. The molecule has 146 valence electrons. The molecule has 0 amide bonds. The van der Waals surface area contributed by atoms with E-state index in [1.807, 2.05) is 17.9 Å². The van der Waals surface area contributed by atoms with Gasteiger partial charge in [-0.15, -0.1) is 13.2 Å². The highest BCUT2D eigenvalue weighted by Gasteiger charge is 2.54. The number of halogens is 3. The van der Waals surface area contributed by atoms with Crippen molar-refractivity contribution < 1.29 is 17.9 Å². The number of aromatic nitrogens is 2. The first-order valence-corrected chi connectivity index (χ1v) is 9.13. The average molecular weight is 380 g/mol. The van der Waals surface area contributed by atoms with Gasteiger partial charge < -0.3 is 10.1 Å². The highest BCUT2D eigenvalue weighted by Crippen LogP contribution is 2.51. The fourth-order valence-electron chi connectivity index (χ4n) is 4.22. The third-order valence-electron chi connectivity index (χ3n) is 5.45. The summed E-state index contributed by atoms with van der Waals surface area (Å²) in [7, 11) is 1.93. The fraction of sp³-hybridized carbons (Fsp3) is 0.526. The van der Waals surface area contributed by atoms with Crippen LogP contribution in [0.15, 0.2) is 36.7 Å². The summed E-state index contributed by atoms with van der Waals surface area (Å²) in [5, 5.41) is 7.59. The summed E-state index contributed by atoms with van der Waals surface area (Å²) in [6.07, 6.45) is -0.682. The van der Waals surface area contributed by atoms with E-state index in [1.165, 1.54) is 17.7 Å². The van der Waals surface area contributed by atoms with Crippen molar-refractivity contribution in [3.63, 3.8) is 0 Å². The van der Waals surface area contributed by atoms with Crippen molar-refractivity contribution in [1.82, 2.24) is 20.0 Å². The van der Waals surface area contributed by atoms with Crippen LogP contribution in [-0.2, 0) is 20.1 Å². The van der Waals surface area contributed by atoms with Crippen molar-refractivity contribution in [3.8, 4) is 5.75 Å². The largest absolute Gasteiger partial charge is 0.573 e. The van der Waals surface area contributed by atoms with E-state index in [2.05, 4.69) is 26.2 Å². The van der Waals surface area contributed by atoms with Crippen molar-refractivity contribution in [2.24, 2.45) is 24.8 Å². The van der Waals surface area contributed by atoms with Gasteiger partial charge in [-0.05, 0) is 42.0 Å². The van der Waals surface area contributed by atoms with Gasteiger partial charge in [-0.1, -0.05) is 12.1 Å². The van der Waals surface area contributed by atoms with E-state index in [0.29, 0.717) is 12.5 Å². The third-order valence-corrected chi connectivity index (χ3v) is 5.45. The van der Waals surface area contributed by atoms with Gasteiger partial charge in [0.2, 0.25) is 0 Å². The number of fused-ring (bicyclic) bond motifs is 1. The lowest BCUT2D eigenvalue weighted by molar-refractivity contribution is -0.274. The Morgan fingerprint density at radius 1 is 1.22 bits per heavy atom. The van der Waals surface area contributed by atoms with Crippen molar-refractivity contribution in [3.05, 3.63) is 47.8 Å². The average Bonchev–Trinajstić information content (AvgIpc) is 2.92. The monoisotopic (exact) mass is 380 g/mol. The molecule has 27 heavy (non-hydrogen) atoms. The number of ether oxygens (including phenoxy) is 1. The van der Waals surface area contributed by atoms with Crippen LogP contribution in [-0.4, -0.2) is 40.7 Å². The molecule has 1 aliphatic carbocycles. The zero-order chi connectivity index (χ0) is 19.0. The van der Waals surface area contributed by atoms with Crippen LogP contribution in [0.3, 0.4) is 0 Å². The van der Waals surface area contributed by atoms with Gasteiger partial charge in [0.1, 0.15) is 5.75 Å².